The lowest BCUT2D eigenvalue weighted by molar-refractivity contribution is -0.118. The van der Waals surface area contributed by atoms with Gasteiger partial charge in [0.2, 0.25) is 5.91 Å². The number of carbonyl (C=O) groups is 1. The lowest BCUT2D eigenvalue weighted by Gasteiger charge is -2.38. The summed E-state index contributed by atoms with van der Waals surface area (Å²) in [6, 6.07) is 18.9. The van der Waals surface area contributed by atoms with Crippen molar-refractivity contribution in [2.75, 3.05) is 33.3 Å². The number of methoxy groups -OCH3 is 4. The molecule has 0 radical (unpaired) electrons. The molecule has 0 saturated carbocycles. The Bertz CT molecular complexity index is 1100. The molecule has 3 aromatic carbocycles. The Morgan fingerprint density at radius 3 is 2.00 bits per heavy atom. The van der Waals surface area contributed by atoms with Crippen LogP contribution in [-0.2, 0) is 11.2 Å². The summed E-state index contributed by atoms with van der Waals surface area (Å²) in [7, 11) is 6.41. The number of ether oxygens (including phenoxy) is 4. The minimum absolute atomic E-state index is 0.00528. The number of hydrogen-bond donors (Lipinski definition) is 0. The lowest BCUT2D eigenvalue weighted by atomic mass is 9.86. The molecule has 0 spiro atoms. The maximum absolute atomic E-state index is 13.4. The summed E-state index contributed by atoms with van der Waals surface area (Å²) in [5, 5.41) is 0. The Labute approximate surface area is 181 Å². The van der Waals surface area contributed by atoms with Crippen LogP contribution in [0.25, 0.3) is 0 Å². The Morgan fingerprint density at radius 1 is 0.742 bits per heavy atom. The molecule has 0 aliphatic carbocycles. The van der Waals surface area contributed by atoms with E-state index >= 15 is 0 Å². The number of para-hydroxylation sites is 1. The van der Waals surface area contributed by atoms with Crippen molar-refractivity contribution in [3.8, 4) is 23.0 Å². The van der Waals surface area contributed by atoms with E-state index in [9.17, 15) is 4.79 Å². The summed E-state index contributed by atoms with van der Waals surface area (Å²) in [5.74, 6) is 2.47. The van der Waals surface area contributed by atoms with Gasteiger partial charge in [0, 0.05) is 5.69 Å². The molecule has 6 heteroatoms. The van der Waals surface area contributed by atoms with Crippen LogP contribution in [0.3, 0.4) is 0 Å². The van der Waals surface area contributed by atoms with E-state index in [1.807, 2.05) is 65.6 Å². The summed E-state index contributed by atoms with van der Waals surface area (Å²) >= 11 is 0. The van der Waals surface area contributed by atoms with Gasteiger partial charge in [-0.3, -0.25) is 4.79 Å². The maximum atomic E-state index is 13.4. The van der Waals surface area contributed by atoms with Crippen molar-refractivity contribution in [2.24, 2.45) is 0 Å². The van der Waals surface area contributed by atoms with Crippen LogP contribution in [0.5, 0.6) is 23.0 Å². The summed E-state index contributed by atoms with van der Waals surface area (Å²) in [4.78, 5) is 15.2. The molecule has 1 unspecified atom stereocenters. The zero-order valence-corrected chi connectivity index (χ0v) is 18.0. The highest BCUT2D eigenvalue weighted by Crippen LogP contribution is 2.44. The minimum atomic E-state index is -0.363. The molecule has 0 aromatic heterocycles. The van der Waals surface area contributed by atoms with Gasteiger partial charge in [0.1, 0.15) is 0 Å². The Balaban J connectivity index is 1.96. The molecule has 1 atom stereocenters. The molecule has 1 heterocycles. The monoisotopic (exact) mass is 419 g/mol. The van der Waals surface area contributed by atoms with Gasteiger partial charge in [-0.05, 0) is 53.1 Å². The third-order valence-corrected chi connectivity index (χ3v) is 5.57. The number of amides is 1. The molecule has 6 nitrogen and oxygen atoms in total. The first kappa shape index (κ1) is 20.6. The smallest absolute Gasteiger partial charge is 0.232 e. The average Bonchev–Trinajstić information content (AvgIpc) is 2.82. The van der Waals surface area contributed by atoms with Gasteiger partial charge in [-0.15, -0.1) is 0 Å². The summed E-state index contributed by atoms with van der Waals surface area (Å²) in [5.41, 5.74) is 3.62. The van der Waals surface area contributed by atoms with Crippen molar-refractivity contribution in [1.29, 1.82) is 0 Å². The van der Waals surface area contributed by atoms with Gasteiger partial charge in [-0.2, -0.15) is 0 Å². The first-order valence-electron chi connectivity index (χ1n) is 9.95. The zero-order chi connectivity index (χ0) is 22.0. The Kier molecular flexibility index (Phi) is 5.71. The topological polar surface area (TPSA) is 57.2 Å². The maximum Gasteiger partial charge on any atom is 0.232 e. The third-order valence-electron chi connectivity index (χ3n) is 5.57. The average molecular weight is 419 g/mol. The Morgan fingerprint density at radius 2 is 1.35 bits per heavy atom. The van der Waals surface area contributed by atoms with Gasteiger partial charge >= 0.3 is 0 Å². The molecule has 3 aromatic rings. The van der Waals surface area contributed by atoms with E-state index in [0.29, 0.717) is 23.0 Å². The first-order chi connectivity index (χ1) is 15.1. The van der Waals surface area contributed by atoms with E-state index in [-0.39, 0.29) is 18.4 Å². The second-order valence-corrected chi connectivity index (χ2v) is 7.20. The van der Waals surface area contributed by atoms with Crippen LogP contribution >= 0.6 is 0 Å². The summed E-state index contributed by atoms with van der Waals surface area (Å²) in [6.07, 6.45) is 0.272. The molecular formula is C25H25NO5. The van der Waals surface area contributed by atoms with Crippen molar-refractivity contribution >= 4 is 11.6 Å². The van der Waals surface area contributed by atoms with Crippen LogP contribution in [0.4, 0.5) is 5.69 Å². The quantitative estimate of drug-likeness (QED) is 0.593. The van der Waals surface area contributed by atoms with Gasteiger partial charge < -0.3 is 23.8 Å². The number of nitrogens with zero attached hydrogens (tertiary/aromatic N) is 1. The number of rotatable bonds is 6. The van der Waals surface area contributed by atoms with Crippen LogP contribution in [-0.4, -0.2) is 34.3 Å². The second-order valence-electron chi connectivity index (χ2n) is 7.20. The molecule has 0 saturated heterocycles. The van der Waals surface area contributed by atoms with Crippen molar-refractivity contribution < 1.29 is 23.7 Å². The molecule has 0 fully saturated rings. The van der Waals surface area contributed by atoms with Gasteiger partial charge in [0.25, 0.3) is 0 Å². The van der Waals surface area contributed by atoms with Gasteiger partial charge in [-0.25, -0.2) is 0 Å². The van der Waals surface area contributed by atoms with Crippen LogP contribution in [0.2, 0.25) is 0 Å². The van der Waals surface area contributed by atoms with E-state index in [1.54, 1.807) is 28.4 Å². The van der Waals surface area contributed by atoms with Crippen molar-refractivity contribution in [3.63, 3.8) is 0 Å². The normalized spacial score (nSPS) is 15.3. The largest absolute Gasteiger partial charge is 0.493 e. The fourth-order valence-electron chi connectivity index (χ4n) is 4.11. The summed E-state index contributed by atoms with van der Waals surface area (Å²) < 4.78 is 22.0. The second kappa shape index (κ2) is 8.60. The SMILES string of the molecule is COc1ccc(C2c3cc(OC)c(OC)cc3CC(=O)N2c2ccccc2)cc1OC. The van der Waals surface area contributed by atoms with E-state index in [1.165, 1.54) is 0 Å². The van der Waals surface area contributed by atoms with Gasteiger partial charge in [0.05, 0.1) is 40.9 Å². The number of carbonyl (C=O) groups excluding carboxylic acids is 1. The molecule has 0 N–H and O–H groups in total. The van der Waals surface area contributed by atoms with E-state index in [2.05, 4.69) is 0 Å². The molecule has 1 aliphatic rings. The summed E-state index contributed by atoms with van der Waals surface area (Å²) in [6.45, 7) is 0. The van der Waals surface area contributed by atoms with Gasteiger partial charge in [0.15, 0.2) is 23.0 Å². The molecule has 1 amide bonds. The minimum Gasteiger partial charge on any atom is -0.493 e. The fourth-order valence-corrected chi connectivity index (χ4v) is 4.11. The van der Waals surface area contributed by atoms with E-state index in [0.717, 1.165) is 22.4 Å². The van der Waals surface area contributed by atoms with Crippen LogP contribution in [0.1, 0.15) is 22.7 Å². The van der Waals surface area contributed by atoms with E-state index < -0.39 is 0 Å². The zero-order valence-electron chi connectivity index (χ0n) is 18.0. The highest BCUT2D eigenvalue weighted by atomic mass is 16.5. The standard InChI is InChI=1S/C25H25NO5/c1-28-20-11-10-16(12-21(20)29-2)25-19-15-23(31-4)22(30-3)13-17(19)14-24(27)26(25)18-8-6-5-7-9-18/h5-13,15,25H,14H2,1-4H3. The third kappa shape index (κ3) is 3.65. The van der Waals surface area contributed by atoms with Crippen molar-refractivity contribution in [2.45, 2.75) is 12.5 Å². The highest BCUT2D eigenvalue weighted by Gasteiger charge is 2.36. The number of benzene rings is 3. The number of anilines is 1. The molecule has 0 bridgehead atoms. The fraction of sp³-hybridized carbons (Fsp3) is 0.240. The van der Waals surface area contributed by atoms with Crippen LogP contribution in [0, 0.1) is 0 Å². The molecule has 4 rings (SSSR count). The van der Waals surface area contributed by atoms with Crippen molar-refractivity contribution in [1.82, 2.24) is 0 Å². The van der Waals surface area contributed by atoms with E-state index in [4.69, 9.17) is 18.9 Å². The number of hydrogen-bond acceptors (Lipinski definition) is 5. The van der Waals surface area contributed by atoms with Gasteiger partial charge in [-0.1, -0.05) is 24.3 Å². The highest BCUT2D eigenvalue weighted by molar-refractivity contribution is 5.98. The molecule has 31 heavy (non-hydrogen) atoms. The molecule has 160 valence electrons. The van der Waals surface area contributed by atoms with Crippen LogP contribution in [0.15, 0.2) is 60.7 Å². The van der Waals surface area contributed by atoms with Crippen LogP contribution < -0.4 is 23.8 Å². The van der Waals surface area contributed by atoms with Crippen molar-refractivity contribution in [3.05, 3.63) is 77.4 Å². The lowest BCUT2D eigenvalue weighted by Crippen LogP contribution is -2.41. The predicted molar refractivity (Wildman–Crippen MR) is 119 cm³/mol. The molecule has 1 aliphatic heterocycles. The predicted octanol–water partition coefficient (Wildman–Crippen LogP) is 4.40. The number of fused-ring (bicyclic) bond motifs is 1. The first-order valence-corrected chi connectivity index (χ1v) is 9.95. The molecular weight excluding hydrogens is 394 g/mol. The Hall–Kier alpha value is -3.67.